The molecule has 0 radical (unpaired) electrons. The summed E-state index contributed by atoms with van der Waals surface area (Å²) in [6.07, 6.45) is 0. The van der Waals surface area contributed by atoms with Gasteiger partial charge in [0.15, 0.2) is 6.61 Å². The summed E-state index contributed by atoms with van der Waals surface area (Å²) in [6, 6.07) is 9.54. The molecule has 23 heavy (non-hydrogen) atoms. The van der Waals surface area contributed by atoms with Crippen LogP contribution in [0, 0.1) is 13.8 Å². The predicted molar refractivity (Wildman–Crippen MR) is 86.6 cm³/mol. The number of carbonyl (C=O) groups excluding carboxylic acids is 2. The number of esters is 1. The van der Waals surface area contributed by atoms with E-state index in [9.17, 15) is 9.59 Å². The van der Waals surface area contributed by atoms with Crippen LogP contribution in [-0.2, 0) is 9.53 Å². The number of para-hydroxylation sites is 1. The molecule has 1 amide bonds. The SMILES string of the molecule is Cc1nn(-c2ccccc2)c(C)c1C(=O)OCC(=O)NC(C)C. The number of nitrogens with zero attached hydrogens (tertiary/aromatic N) is 2. The van der Waals surface area contributed by atoms with Gasteiger partial charge in [0.2, 0.25) is 0 Å². The van der Waals surface area contributed by atoms with Gasteiger partial charge in [0.25, 0.3) is 5.91 Å². The summed E-state index contributed by atoms with van der Waals surface area (Å²) >= 11 is 0. The second-order valence-electron chi connectivity index (χ2n) is 5.59. The van der Waals surface area contributed by atoms with Gasteiger partial charge in [0.1, 0.15) is 5.56 Å². The van der Waals surface area contributed by atoms with E-state index >= 15 is 0 Å². The maximum Gasteiger partial charge on any atom is 0.342 e. The van der Waals surface area contributed by atoms with Gasteiger partial charge < -0.3 is 10.1 Å². The molecule has 0 fully saturated rings. The van der Waals surface area contributed by atoms with Crippen molar-refractivity contribution in [2.75, 3.05) is 6.61 Å². The van der Waals surface area contributed by atoms with E-state index in [1.54, 1.807) is 18.5 Å². The average Bonchev–Trinajstić information content (AvgIpc) is 2.80. The van der Waals surface area contributed by atoms with Crippen molar-refractivity contribution in [3.05, 3.63) is 47.3 Å². The number of carbonyl (C=O) groups is 2. The van der Waals surface area contributed by atoms with Gasteiger partial charge in [-0.3, -0.25) is 4.79 Å². The Labute approximate surface area is 135 Å². The van der Waals surface area contributed by atoms with E-state index < -0.39 is 5.97 Å². The van der Waals surface area contributed by atoms with Crippen LogP contribution < -0.4 is 5.32 Å². The Hall–Kier alpha value is -2.63. The number of amides is 1. The Morgan fingerprint density at radius 2 is 1.87 bits per heavy atom. The molecular weight excluding hydrogens is 294 g/mol. The minimum Gasteiger partial charge on any atom is -0.452 e. The van der Waals surface area contributed by atoms with Gasteiger partial charge in [-0.2, -0.15) is 5.10 Å². The molecule has 2 aromatic rings. The monoisotopic (exact) mass is 315 g/mol. The maximum atomic E-state index is 12.3. The highest BCUT2D eigenvalue weighted by atomic mass is 16.5. The van der Waals surface area contributed by atoms with E-state index in [2.05, 4.69) is 10.4 Å². The molecule has 122 valence electrons. The number of aromatic nitrogens is 2. The summed E-state index contributed by atoms with van der Waals surface area (Å²) in [7, 11) is 0. The van der Waals surface area contributed by atoms with E-state index in [4.69, 9.17) is 4.74 Å². The normalized spacial score (nSPS) is 10.7. The molecule has 0 atom stereocenters. The van der Waals surface area contributed by atoms with Gasteiger partial charge in [0, 0.05) is 6.04 Å². The highest BCUT2D eigenvalue weighted by Crippen LogP contribution is 2.18. The van der Waals surface area contributed by atoms with Crippen LogP contribution in [0.1, 0.15) is 35.6 Å². The molecule has 0 spiro atoms. The molecule has 0 unspecified atom stereocenters. The summed E-state index contributed by atoms with van der Waals surface area (Å²) < 4.78 is 6.79. The van der Waals surface area contributed by atoms with Crippen LogP contribution in [0.5, 0.6) is 0 Å². The maximum absolute atomic E-state index is 12.3. The lowest BCUT2D eigenvalue weighted by Crippen LogP contribution is -2.34. The Balaban J connectivity index is 2.16. The lowest BCUT2D eigenvalue weighted by Gasteiger charge is -2.09. The van der Waals surface area contributed by atoms with Gasteiger partial charge in [-0.15, -0.1) is 0 Å². The van der Waals surface area contributed by atoms with Crippen molar-refractivity contribution in [2.45, 2.75) is 33.7 Å². The van der Waals surface area contributed by atoms with Crippen molar-refractivity contribution in [1.82, 2.24) is 15.1 Å². The standard InChI is InChI=1S/C17H21N3O3/c1-11(2)18-15(21)10-23-17(22)16-12(3)19-20(13(16)4)14-8-6-5-7-9-14/h5-9,11H,10H2,1-4H3,(H,18,21). The summed E-state index contributed by atoms with van der Waals surface area (Å²) in [5.41, 5.74) is 2.51. The van der Waals surface area contributed by atoms with Crippen molar-refractivity contribution in [3.63, 3.8) is 0 Å². The van der Waals surface area contributed by atoms with E-state index in [-0.39, 0.29) is 18.6 Å². The molecule has 0 saturated heterocycles. The molecule has 0 aliphatic heterocycles. The fourth-order valence-electron chi connectivity index (χ4n) is 2.33. The largest absolute Gasteiger partial charge is 0.452 e. The third-order valence-corrected chi connectivity index (χ3v) is 3.28. The molecule has 0 aliphatic carbocycles. The van der Waals surface area contributed by atoms with Crippen LogP contribution in [0.25, 0.3) is 5.69 Å². The van der Waals surface area contributed by atoms with Crippen LogP contribution in [-0.4, -0.2) is 34.3 Å². The minimum absolute atomic E-state index is 0.00510. The van der Waals surface area contributed by atoms with Crippen LogP contribution in [0.2, 0.25) is 0 Å². The van der Waals surface area contributed by atoms with Crippen molar-refractivity contribution in [2.24, 2.45) is 0 Å². The quantitative estimate of drug-likeness (QED) is 0.858. The fourth-order valence-corrected chi connectivity index (χ4v) is 2.33. The Morgan fingerprint density at radius 1 is 1.22 bits per heavy atom. The minimum atomic E-state index is -0.541. The predicted octanol–water partition coefficient (Wildman–Crippen LogP) is 2.17. The second-order valence-corrected chi connectivity index (χ2v) is 5.59. The third-order valence-electron chi connectivity index (χ3n) is 3.28. The van der Waals surface area contributed by atoms with E-state index in [0.717, 1.165) is 5.69 Å². The Kier molecular flexibility index (Phi) is 5.16. The fraction of sp³-hybridized carbons (Fsp3) is 0.353. The van der Waals surface area contributed by atoms with Crippen LogP contribution >= 0.6 is 0 Å². The average molecular weight is 315 g/mol. The molecule has 0 aliphatic rings. The molecule has 1 heterocycles. The molecule has 0 saturated carbocycles. The molecule has 6 heteroatoms. The van der Waals surface area contributed by atoms with Gasteiger partial charge in [0.05, 0.1) is 17.1 Å². The van der Waals surface area contributed by atoms with Crippen molar-refractivity contribution >= 4 is 11.9 Å². The Bertz CT molecular complexity index is 705. The first-order valence-corrected chi connectivity index (χ1v) is 7.48. The number of rotatable bonds is 5. The number of nitrogens with one attached hydrogen (secondary N) is 1. The summed E-state index contributed by atoms with van der Waals surface area (Å²) in [5, 5.41) is 7.07. The van der Waals surface area contributed by atoms with E-state index in [1.807, 2.05) is 44.2 Å². The summed E-state index contributed by atoms with van der Waals surface area (Å²) in [4.78, 5) is 23.8. The second kappa shape index (κ2) is 7.09. The molecule has 1 aromatic carbocycles. The lowest BCUT2D eigenvalue weighted by molar-refractivity contribution is -0.124. The van der Waals surface area contributed by atoms with Gasteiger partial charge in [-0.25, -0.2) is 9.48 Å². The first-order valence-electron chi connectivity index (χ1n) is 7.48. The highest BCUT2D eigenvalue weighted by molar-refractivity contribution is 5.93. The number of hydrogen-bond acceptors (Lipinski definition) is 4. The Morgan fingerprint density at radius 3 is 2.48 bits per heavy atom. The van der Waals surface area contributed by atoms with Crippen LogP contribution in [0.15, 0.2) is 30.3 Å². The molecule has 1 aromatic heterocycles. The summed E-state index contributed by atoms with van der Waals surface area (Å²) in [6.45, 7) is 6.94. The van der Waals surface area contributed by atoms with Gasteiger partial charge >= 0.3 is 5.97 Å². The van der Waals surface area contributed by atoms with Gasteiger partial charge in [-0.05, 0) is 39.8 Å². The third kappa shape index (κ3) is 3.97. The van der Waals surface area contributed by atoms with Crippen molar-refractivity contribution in [3.8, 4) is 5.69 Å². The molecular formula is C17H21N3O3. The van der Waals surface area contributed by atoms with Crippen LogP contribution in [0.4, 0.5) is 0 Å². The van der Waals surface area contributed by atoms with Gasteiger partial charge in [-0.1, -0.05) is 18.2 Å². The molecule has 2 rings (SSSR count). The zero-order valence-corrected chi connectivity index (χ0v) is 13.8. The summed E-state index contributed by atoms with van der Waals surface area (Å²) in [5.74, 6) is -0.861. The number of benzene rings is 1. The molecule has 0 bridgehead atoms. The smallest absolute Gasteiger partial charge is 0.342 e. The van der Waals surface area contributed by atoms with Crippen molar-refractivity contribution in [1.29, 1.82) is 0 Å². The zero-order chi connectivity index (χ0) is 17.0. The lowest BCUT2D eigenvalue weighted by atomic mass is 10.2. The van der Waals surface area contributed by atoms with E-state index in [0.29, 0.717) is 17.0 Å². The number of ether oxygens (including phenoxy) is 1. The van der Waals surface area contributed by atoms with Crippen molar-refractivity contribution < 1.29 is 14.3 Å². The number of hydrogen-bond donors (Lipinski definition) is 1. The topological polar surface area (TPSA) is 73.2 Å². The zero-order valence-electron chi connectivity index (χ0n) is 13.8. The van der Waals surface area contributed by atoms with E-state index in [1.165, 1.54) is 0 Å². The molecule has 1 N–H and O–H groups in total. The number of aryl methyl sites for hydroxylation is 1. The first-order chi connectivity index (χ1) is 10.9. The highest BCUT2D eigenvalue weighted by Gasteiger charge is 2.21. The molecule has 6 nitrogen and oxygen atoms in total. The first kappa shape index (κ1) is 16.7. The van der Waals surface area contributed by atoms with Crippen LogP contribution in [0.3, 0.4) is 0 Å².